The fourth-order valence-electron chi connectivity index (χ4n) is 2.63. The summed E-state index contributed by atoms with van der Waals surface area (Å²) in [4.78, 5) is 0. The summed E-state index contributed by atoms with van der Waals surface area (Å²) < 4.78 is 0. The van der Waals surface area contributed by atoms with Gasteiger partial charge in [-0.2, -0.15) is 0 Å². The Balaban J connectivity index is 1.74. The summed E-state index contributed by atoms with van der Waals surface area (Å²) in [6.07, 6.45) is 0. The molecule has 0 fully saturated rings. The SMILES string of the molecule is Cc1cc(O)c(CNCCNCc2cc(C)c(C)cc2O)cc1C. The first kappa shape index (κ1) is 18.3. The van der Waals surface area contributed by atoms with Gasteiger partial charge in [-0.3, -0.25) is 0 Å². The van der Waals surface area contributed by atoms with E-state index in [-0.39, 0.29) is 0 Å². The Morgan fingerprint density at radius 2 is 0.958 bits per heavy atom. The number of nitrogens with one attached hydrogen (secondary N) is 2. The fraction of sp³-hybridized carbons (Fsp3) is 0.400. The Kier molecular flexibility index (Phi) is 6.23. The molecule has 130 valence electrons. The molecule has 4 nitrogen and oxygen atoms in total. The Morgan fingerprint density at radius 3 is 1.33 bits per heavy atom. The van der Waals surface area contributed by atoms with Crippen LogP contribution in [0.2, 0.25) is 0 Å². The van der Waals surface area contributed by atoms with Gasteiger partial charge < -0.3 is 20.8 Å². The highest BCUT2D eigenvalue weighted by Gasteiger charge is 2.05. The molecule has 0 aromatic heterocycles. The number of phenolic OH excluding ortho intramolecular Hbond substituents is 2. The summed E-state index contributed by atoms with van der Waals surface area (Å²) >= 11 is 0. The van der Waals surface area contributed by atoms with Crippen LogP contribution in [-0.4, -0.2) is 23.3 Å². The van der Waals surface area contributed by atoms with Crippen LogP contribution in [0.3, 0.4) is 0 Å². The number of phenols is 2. The first-order valence-electron chi connectivity index (χ1n) is 8.38. The molecule has 0 aliphatic heterocycles. The molecule has 0 heterocycles. The molecule has 0 bridgehead atoms. The minimum atomic E-state index is 0.346. The molecule has 24 heavy (non-hydrogen) atoms. The van der Waals surface area contributed by atoms with E-state index in [9.17, 15) is 10.2 Å². The van der Waals surface area contributed by atoms with Crippen molar-refractivity contribution in [2.24, 2.45) is 0 Å². The van der Waals surface area contributed by atoms with Gasteiger partial charge in [-0.15, -0.1) is 0 Å². The lowest BCUT2D eigenvalue weighted by Gasteiger charge is -2.11. The van der Waals surface area contributed by atoms with Crippen LogP contribution in [0.1, 0.15) is 33.4 Å². The fourth-order valence-corrected chi connectivity index (χ4v) is 2.63. The number of aryl methyl sites for hydroxylation is 4. The topological polar surface area (TPSA) is 64.5 Å². The summed E-state index contributed by atoms with van der Waals surface area (Å²) in [7, 11) is 0. The van der Waals surface area contributed by atoms with E-state index in [1.807, 2.05) is 38.1 Å². The standard InChI is InChI=1S/C20H28N2O2/c1-13-7-17(19(23)9-15(13)3)11-21-5-6-22-12-18-8-14(2)16(4)10-20(18)24/h7-10,21-24H,5-6,11-12H2,1-4H3. The van der Waals surface area contributed by atoms with Gasteiger partial charge in [-0.25, -0.2) is 0 Å². The maximum atomic E-state index is 9.96. The van der Waals surface area contributed by atoms with E-state index in [0.717, 1.165) is 35.3 Å². The van der Waals surface area contributed by atoms with E-state index in [1.165, 1.54) is 11.1 Å². The summed E-state index contributed by atoms with van der Waals surface area (Å²) in [5, 5.41) is 26.6. The van der Waals surface area contributed by atoms with Gasteiger partial charge in [0.25, 0.3) is 0 Å². The molecule has 4 heteroatoms. The van der Waals surface area contributed by atoms with Crippen molar-refractivity contribution >= 4 is 0 Å². The van der Waals surface area contributed by atoms with E-state index in [1.54, 1.807) is 0 Å². The molecule has 0 radical (unpaired) electrons. The van der Waals surface area contributed by atoms with Gasteiger partial charge in [-0.05, 0) is 62.1 Å². The molecule has 0 amide bonds. The molecule has 2 rings (SSSR count). The first-order valence-corrected chi connectivity index (χ1v) is 8.38. The average Bonchev–Trinajstić information content (AvgIpc) is 2.52. The summed E-state index contributed by atoms with van der Waals surface area (Å²) in [5.74, 6) is 0.692. The molecule has 4 N–H and O–H groups in total. The van der Waals surface area contributed by atoms with Crippen molar-refractivity contribution in [2.45, 2.75) is 40.8 Å². The van der Waals surface area contributed by atoms with Gasteiger partial charge in [0.2, 0.25) is 0 Å². The van der Waals surface area contributed by atoms with Crippen LogP contribution in [-0.2, 0) is 13.1 Å². The Bertz CT molecular complexity index is 650. The van der Waals surface area contributed by atoms with Crippen LogP contribution >= 0.6 is 0 Å². The minimum absolute atomic E-state index is 0.346. The third-order valence-corrected chi connectivity index (χ3v) is 4.50. The Morgan fingerprint density at radius 1 is 0.625 bits per heavy atom. The molecule has 0 spiro atoms. The van der Waals surface area contributed by atoms with Crippen molar-refractivity contribution in [3.63, 3.8) is 0 Å². The maximum absolute atomic E-state index is 9.96. The van der Waals surface area contributed by atoms with Crippen LogP contribution in [0.5, 0.6) is 11.5 Å². The molecule has 0 aliphatic rings. The molecular weight excluding hydrogens is 300 g/mol. The highest BCUT2D eigenvalue weighted by atomic mass is 16.3. The summed E-state index contributed by atoms with van der Waals surface area (Å²) in [5.41, 5.74) is 6.42. The largest absolute Gasteiger partial charge is 0.508 e. The number of rotatable bonds is 7. The Hall–Kier alpha value is -2.04. The number of hydrogen-bond acceptors (Lipinski definition) is 4. The van der Waals surface area contributed by atoms with E-state index < -0.39 is 0 Å². The van der Waals surface area contributed by atoms with Gasteiger partial charge in [0, 0.05) is 37.3 Å². The molecule has 0 unspecified atom stereocenters. The second-order valence-corrected chi connectivity index (χ2v) is 6.48. The molecule has 0 saturated heterocycles. The average molecular weight is 328 g/mol. The van der Waals surface area contributed by atoms with Crippen LogP contribution < -0.4 is 10.6 Å². The lowest BCUT2D eigenvalue weighted by Crippen LogP contribution is -2.26. The lowest BCUT2D eigenvalue weighted by atomic mass is 10.0. The zero-order valence-electron chi connectivity index (χ0n) is 15.0. The predicted octanol–water partition coefficient (Wildman–Crippen LogP) is 3.21. The van der Waals surface area contributed by atoms with Crippen LogP contribution in [0.4, 0.5) is 0 Å². The van der Waals surface area contributed by atoms with Gasteiger partial charge in [-0.1, -0.05) is 12.1 Å². The summed E-state index contributed by atoms with van der Waals surface area (Å²) in [6, 6.07) is 7.68. The minimum Gasteiger partial charge on any atom is -0.508 e. The Labute approximate surface area is 144 Å². The van der Waals surface area contributed by atoms with Crippen molar-refractivity contribution in [1.29, 1.82) is 0 Å². The zero-order chi connectivity index (χ0) is 17.7. The molecule has 2 aromatic carbocycles. The molecule has 2 aromatic rings. The lowest BCUT2D eigenvalue weighted by molar-refractivity contribution is 0.460. The van der Waals surface area contributed by atoms with Crippen molar-refractivity contribution < 1.29 is 10.2 Å². The first-order chi connectivity index (χ1) is 11.4. The van der Waals surface area contributed by atoms with Crippen LogP contribution in [0.25, 0.3) is 0 Å². The monoisotopic (exact) mass is 328 g/mol. The number of benzene rings is 2. The summed E-state index contributed by atoms with van der Waals surface area (Å²) in [6.45, 7) is 11.0. The van der Waals surface area contributed by atoms with Gasteiger partial charge in [0.05, 0.1) is 0 Å². The van der Waals surface area contributed by atoms with E-state index in [0.29, 0.717) is 24.6 Å². The highest BCUT2D eigenvalue weighted by molar-refractivity contribution is 5.41. The molecular formula is C20H28N2O2. The number of aromatic hydroxyl groups is 2. The zero-order valence-corrected chi connectivity index (χ0v) is 15.0. The molecule has 0 saturated carbocycles. The third-order valence-electron chi connectivity index (χ3n) is 4.50. The third kappa shape index (κ3) is 4.73. The van der Waals surface area contributed by atoms with Gasteiger partial charge in [0.1, 0.15) is 11.5 Å². The molecule has 0 aliphatic carbocycles. The number of hydrogen-bond donors (Lipinski definition) is 4. The smallest absolute Gasteiger partial charge is 0.120 e. The van der Waals surface area contributed by atoms with Crippen LogP contribution in [0.15, 0.2) is 24.3 Å². The second-order valence-electron chi connectivity index (χ2n) is 6.48. The van der Waals surface area contributed by atoms with Crippen LogP contribution in [0, 0.1) is 27.7 Å². The van der Waals surface area contributed by atoms with Crippen molar-refractivity contribution in [3.8, 4) is 11.5 Å². The predicted molar refractivity (Wildman–Crippen MR) is 98.6 cm³/mol. The second kappa shape index (κ2) is 8.18. The normalized spacial score (nSPS) is 11.0. The van der Waals surface area contributed by atoms with Crippen molar-refractivity contribution in [1.82, 2.24) is 10.6 Å². The maximum Gasteiger partial charge on any atom is 0.120 e. The van der Waals surface area contributed by atoms with Crippen molar-refractivity contribution in [2.75, 3.05) is 13.1 Å². The highest BCUT2D eigenvalue weighted by Crippen LogP contribution is 2.22. The quantitative estimate of drug-likeness (QED) is 0.589. The van der Waals surface area contributed by atoms with Gasteiger partial charge in [0.15, 0.2) is 0 Å². The van der Waals surface area contributed by atoms with Crippen molar-refractivity contribution in [3.05, 3.63) is 57.6 Å². The van der Waals surface area contributed by atoms with E-state index >= 15 is 0 Å². The van der Waals surface area contributed by atoms with E-state index in [2.05, 4.69) is 24.5 Å². The molecule has 0 atom stereocenters. The van der Waals surface area contributed by atoms with E-state index in [4.69, 9.17) is 0 Å². The van der Waals surface area contributed by atoms with Gasteiger partial charge >= 0.3 is 0 Å².